The van der Waals surface area contributed by atoms with Gasteiger partial charge < -0.3 is 46.6 Å². The Balaban J connectivity index is -0.0000000963. The summed E-state index contributed by atoms with van der Waals surface area (Å²) in [6, 6.07) is 0. The van der Waals surface area contributed by atoms with E-state index in [1.54, 1.807) is 0 Å². The summed E-state index contributed by atoms with van der Waals surface area (Å²) in [5, 5.41) is 65.8. The molecule has 26 heavy (non-hydrogen) atoms. The second-order valence-electron chi connectivity index (χ2n) is 3.87. The molecule has 0 aromatic rings. The van der Waals surface area contributed by atoms with Gasteiger partial charge in [0.25, 0.3) is 10.1 Å². The van der Waals surface area contributed by atoms with E-state index in [1.807, 2.05) is 0 Å². The molecule has 0 heterocycles. The monoisotopic (exact) mass is 449 g/mol. The number of nitrogens with two attached hydrogens (primary N) is 1. The molecule has 4 atom stereocenters. The summed E-state index contributed by atoms with van der Waals surface area (Å²) in [6.45, 7) is -0.872. The van der Waals surface area contributed by atoms with Gasteiger partial charge in [-0.1, -0.05) is 0 Å². The molecule has 0 radical (unpaired) electrons. The van der Waals surface area contributed by atoms with Crippen molar-refractivity contribution in [3.05, 3.63) is 0 Å². The Kier molecular flexibility index (Phi) is 29.4. The molecule has 0 aliphatic rings. The van der Waals surface area contributed by atoms with Crippen molar-refractivity contribution in [2.75, 3.05) is 18.9 Å². The maximum atomic E-state index is 10.1. The summed E-state index contributed by atoms with van der Waals surface area (Å²) >= 11 is 0. The summed E-state index contributed by atoms with van der Waals surface area (Å²) < 4.78 is 27.3. The predicted molar refractivity (Wildman–Crippen MR) is 90.6 cm³/mol. The molecule has 0 fully saturated rings. The molecule has 14 nitrogen and oxygen atoms in total. The van der Waals surface area contributed by atoms with Crippen LogP contribution in [0.3, 0.4) is 0 Å². The molecule has 0 bridgehead atoms. The predicted octanol–water partition coefficient (Wildman–Crippen LogP) is -6.00. The van der Waals surface area contributed by atoms with Crippen LogP contribution in [0.25, 0.3) is 0 Å². The summed E-state index contributed by atoms with van der Waals surface area (Å²) in [5.74, 6) is -2.08. The van der Waals surface area contributed by atoms with Crippen molar-refractivity contribution in [1.29, 1.82) is 0 Å². The summed E-state index contributed by atoms with van der Waals surface area (Å²) in [6.07, 6.45) is -9.67. The first-order valence-corrected chi connectivity index (χ1v) is 7.45. The van der Waals surface area contributed by atoms with E-state index in [2.05, 4.69) is 0 Å². The van der Waals surface area contributed by atoms with E-state index in [0.29, 0.717) is 0 Å². The third-order valence-electron chi connectivity index (χ3n) is 1.88. The molecular formula is C9H24CaNNaO13S. The van der Waals surface area contributed by atoms with Crippen molar-refractivity contribution in [3.8, 4) is 0 Å². The Hall–Kier alpha value is 0.670. The van der Waals surface area contributed by atoms with E-state index >= 15 is 0 Å². The normalized spacial score (nSPS) is 14.3. The third kappa shape index (κ3) is 26.9. The van der Waals surface area contributed by atoms with Gasteiger partial charge in [-0.2, -0.15) is 8.42 Å². The first-order chi connectivity index (χ1) is 10.7. The van der Waals surface area contributed by atoms with Crippen LogP contribution in [0.15, 0.2) is 0 Å². The molecule has 4 unspecified atom stereocenters. The van der Waals surface area contributed by atoms with Crippen LogP contribution in [0.5, 0.6) is 0 Å². The standard InChI is InChI=1S/C6H12O7.C2H7NO3S.CH2O3.Ca.Na.3H/c7-1-2(8)3(9)4(10)5(11)6(12)13;3-1-2-7(4,5)6;2-1(3)4;;;;;/h2-5,7-11H,1H2,(H,12,13);1-3H2,(H,4,5,6);(H2,2,3,4);;;;;. The van der Waals surface area contributed by atoms with Crippen LogP contribution in [0.2, 0.25) is 0 Å². The van der Waals surface area contributed by atoms with Crippen molar-refractivity contribution in [2.45, 2.75) is 24.4 Å². The summed E-state index contributed by atoms with van der Waals surface area (Å²) in [4.78, 5) is 18.6. The van der Waals surface area contributed by atoms with Crippen LogP contribution in [0.4, 0.5) is 4.79 Å². The average molecular weight is 449 g/mol. The number of rotatable bonds is 7. The fraction of sp³-hybridized carbons (Fsp3) is 0.778. The van der Waals surface area contributed by atoms with Crippen molar-refractivity contribution in [1.82, 2.24) is 0 Å². The first-order valence-electron chi connectivity index (χ1n) is 5.84. The zero-order chi connectivity index (χ0) is 20.1. The fourth-order valence-electron chi connectivity index (χ4n) is 0.817. The van der Waals surface area contributed by atoms with Crippen molar-refractivity contribution in [3.63, 3.8) is 0 Å². The van der Waals surface area contributed by atoms with E-state index in [1.165, 1.54) is 0 Å². The zero-order valence-electron chi connectivity index (χ0n) is 12.1. The van der Waals surface area contributed by atoms with Gasteiger partial charge in [0.05, 0.1) is 12.4 Å². The van der Waals surface area contributed by atoms with Gasteiger partial charge in [0.1, 0.15) is 18.3 Å². The van der Waals surface area contributed by atoms with Gasteiger partial charge in [0.2, 0.25) is 0 Å². The Morgan fingerprint density at radius 2 is 1.31 bits per heavy atom. The van der Waals surface area contributed by atoms with Gasteiger partial charge in [-0.3, -0.25) is 4.55 Å². The van der Waals surface area contributed by atoms with Gasteiger partial charge in [-0.15, -0.1) is 0 Å². The van der Waals surface area contributed by atoms with Crippen LogP contribution < -0.4 is 5.73 Å². The maximum absolute atomic E-state index is 10.1. The second kappa shape index (κ2) is 20.4. The Bertz CT molecular complexity index is 461. The van der Waals surface area contributed by atoms with E-state index in [9.17, 15) is 13.2 Å². The quantitative estimate of drug-likeness (QED) is 0.128. The molecule has 152 valence electrons. The average Bonchev–Trinajstić information content (AvgIpc) is 2.42. The first kappa shape index (κ1) is 37.4. The molecule has 0 aromatic carbocycles. The van der Waals surface area contributed by atoms with Crippen molar-refractivity contribution in [2.24, 2.45) is 5.73 Å². The number of carbonyl (C=O) groups is 2. The number of aliphatic carboxylic acids is 1. The number of carboxylic acids is 1. The van der Waals surface area contributed by atoms with Gasteiger partial charge >= 0.3 is 79.4 Å². The van der Waals surface area contributed by atoms with Gasteiger partial charge in [-0.25, -0.2) is 9.59 Å². The van der Waals surface area contributed by atoms with Gasteiger partial charge in [-0.05, 0) is 0 Å². The van der Waals surface area contributed by atoms with Crippen LogP contribution in [-0.2, 0) is 14.9 Å². The zero-order valence-corrected chi connectivity index (χ0v) is 12.9. The minimum absolute atomic E-state index is 0. The van der Waals surface area contributed by atoms with E-state index in [-0.39, 0.29) is 79.6 Å². The number of hydrogen-bond donors (Lipinski definition) is 10. The Morgan fingerprint density at radius 1 is 0.962 bits per heavy atom. The molecular weight excluding hydrogens is 425 g/mol. The Morgan fingerprint density at radius 3 is 1.46 bits per heavy atom. The van der Waals surface area contributed by atoms with E-state index in [0.717, 1.165) is 0 Å². The number of hydrogen-bond acceptors (Lipinski definition) is 10. The molecule has 0 aliphatic heterocycles. The summed E-state index contributed by atoms with van der Waals surface area (Å²) in [5.41, 5.74) is 4.78. The topological polar surface area (TPSA) is 276 Å². The van der Waals surface area contributed by atoms with Crippen molar-refractivity contribution < 1.29 is 63.4 Å². The molecule has 0 aliphatic carbocycles. The number of aliphatic hydroxyl groups excluding tert-OH is 5. The van der Waals surface area contributed by atoms with Gasteiger partial charge in [0, 0.05) is 6.54 Å². The van der Waals surface area contributed by atoms with Crippen LogP contribution in [-0.4, -0.2) is 177 Å². The molecule has 17 heteroatoms. The van der Waals surface area contributed by atoms with Crippen molar-refractivity contribution >= 4 is 89.5 Å². The van der Waals surface area contributed by atoms with Crippen LogP contribution >= 0.6 is 0 Å². The molecule has 11 N–H and O–H groups in total. The third-order valence-corrected chi connectivity index (χ3v) is 2.64. The molecule has 0 aromatic heterocycles. The van der Waals surface area contributed by atoms with Crippen LogP contribution in [0.1, 0.15) is 0 Å². The molecule has 0 spiro atoms. The summed E-state index contributed by atoms with van der Waals surface area (Å²) in [7, 11) is -3.80. The minimum atomic E-state index is -3.80. The Labute approximate surface area is 200 Å². The fourth-order valence-corrected chi connectivity index (χ4v) is 1.12. The molecule has 0 saturated carbocycles. The molecule has 0 saturated heterocycles. The van der Waals surface area contributed by atoms with Crippen LogP contribution in [0, 0.1) is 0 Å². The second-order valence-corrected chi connectivity index (χ2v) is 5.44. The molecule has 0 rings (SSSR count). The number of carboxylic acid groups (broad SMARTS) is 3. The van der Waals surface area contributed by atoms with E-state index < -0.39 is 53.3 Å². The van der Waals surface area contributed by atoms with Gasteiger partial charge in [0.15, 0.2) is 6.10 Å². The SMILES string of the molecule is NCCS(=O)(=O)O.O=C(O)C(O)C(O)C(O)C(O)CO.O=C(O)O.[CaH2].[NaH]. The van der Waals surface area contributed by atoms with E-state index in [4.69, 9.17) is 55.9 Å². The molecule has 0 amide bonds. The number of aliphatic hydroxyl groups is 5.